The maximum Gasteiger partial charge on any atom is 0.312 e. The van der Waals surface area contributed by atoms with Crippen molar-refractivity contribution in [3.63, 3.8) is 0 Å². The average molecular weight is 454 g/mol. The summed E-state index contributed by atoms with van der Waals surface area (Å²) in [6.45, 7) is 6.73. The number of ether oxygens (including phenoxy) is 1. The van der Waals surface area contributed by atoms with E-state index in [9.17, 15) is 19.6 Å². The maximum absolute atomic E-state index is 13.0. The highest BCUT2D eigenvalue weighted by Gasteiger charge is 2.46. The van der Waals surface area contributed by atoms with Crippen molar-refractivity contribution >= 4 is 34.8 Å². The molecule has 1 aromatic carbocycles. The number of aryl methyl sites for hydroxylation is 1. The van der Waals surface area contributed by atoms with Gasteiger partial charge in [-0.15, -0.1) is 11.3 Å². The highest BCUT2D eigenvalue weighted by Crippen LogP contribution is 2.43. The van der Waals surface area contributed by atoms with Gasteiger partial charge in [0.05, 0.1) is 18.0 Å². The summed E-state index contributed by atoms with van der Waals surface area (Å²) in [6.07, 6.45) is -0.00119. The van der Waals surface area contributed by atoms with Gasteiger partial charge in [-0.05, 0) is 43.3 Å². The predicted octanol–water partition coefficient (Wildman–Crippen LogP) is 3.75. The van der Waals surface area contributed by atoms with Crippen LogP contribution in [0, 0.1) is 30.1 Å². The van der Waals surface area contributed by atoms with E-state index in [-0.39, 0.29) is 18.2 Å². The largest absolute Gasteiger partial charge is 0.455 e. The van der Waals surface area contributed by atoms with Crippen LogP contribution in [0.5, 0.6) is 0 Å². The molecule has 0 saturated carbocycles. The first kappa shape index (κ1) is 23.5. The third-order valence-electron chi connectivity index (χ3n) is 5.90. The summed E-state index contributed by atoms with van der Waals surface area (Å²) < 4.78 is 5.30. The molecule has 7 nitrogen and oxygen atoms in total. The minimum absolute atomic E-state index is 0.00119. The zero-order valence-corrected chi connectivity index (χ0v) is 19.4. The fraction of sp³-hybridized carbons (Fsp3) is 0.417. The summed E-state index contributed by atoms with van der Waals surface area (Å²) in [6, 6.07) is 12.9. The fourth-order valence-corrected chi connectivity index (χ4v) is 4.49. The molecule has 1 N–H and O–H groups in total. The topological polar surface area (TPSA) is 99.5 Å². The van der Waals surface area contributed by atoms with E-state index in [0.29, 0.717) is 5.69 Å². The number of esters is 1. The maximum atomic E-state index is 13.0. The van der Waals surface area contributed by atoms with Crippen LogP contribution in [0.3, 0.4) is 0 Å². The molecule has 0 bridgehead atoms. The molecule has 0 aliphatic carbocycles. The zero-order chi connectivity index (χ0) is 23.5. The Morgan fingerprint density at radius 2 is 2.00 bits per heavy atom. The molecule has 1 aliphatic rings. The first-order chi connectivity index (χ1) is 15.2. The summed E-state index contributed by atoms with van der Waals surface area (Å²) in [5.74, 6) is -2.18. The molecule has 1 saturated heterocycles. The van der Waals surface area contributed by atoms with E-state index >= 15 is 0 Å². The Bertz CT molecular complexity index is 1030. The Hall–Kier alpha value is -3.18. The molecule has 2 aromatic rings. The number of carbonyl (C=O) groups excluding carboxylic acids is 3. The Balaban J connectivity index is 1.77. The SMILES string of the molecule is Cc1ccc(N2C(=O)C[C@H](C(=O)OCC(=O)N[C@](C)(C#N)C(C)C)[C@@H]2c2cccs2)cc1. The minimum atomic E-state index is -1.06. The second-order valence-corrected chi connectivity index (χ2v) is 9.47. The van der Waals surface area contributed by atoms with Crippen LogP contribution in [-0.2, 0) is 19.1 Å². The van der Waals surface area contributed by atoms with Crippen LogP contribution >= 0.6 is 11.3 Å². The van der Waals surface area contributed by atoms with Gasteiger partial charge in [-0.2, -0.15) is 5.26 Å². The number of nitrogens with zero attached hydrogens (tertiary/aromatic N) is 2. The van der Waals surface area contributed by atoms with E-state index in [2.05, 4.69) is 11.4 Å². The molecule has 0 spiro atoms. The number of hydrogen-bond acceptors (Lipinski definition) is 6. The summed E-state index contributed by atoms with van der Waals surface area (Å²) >= 11 is 1.47. The van der Waals surface area contributed by atoms with Crippen molar-refractivity contribution < 1.29 is 19.1 Å². The van der Waals surface area contributed by atoms with Crippen LogP contribution in [0.25, 0.3) is 0 Å². The van der Waals surface area contributed by atoms with E-state index in [1.165, 1.54) is 11.3 Å². The molecule has 1 aromatic heterocycles. The predicted molar refractivity (Wildman–Crippen MR) is 122 cm³/mol. The second-order valence-electron chi connectivity index (χ2n) is 8.49. The second kappa shape index (κ2) is 9.53. The number of carbonyl (C=O) groups is 3. The highest BCUT2D eigenvalue weighted by atomic mass is 32.1. The molecule has 2 amide bonds. The third-order valence-corrected chi connectivity index (χ3v) is 6.85. The van der Waals surface area contributed by atoms with E-state index in [4.69, 9.17) is 4.74 Å². The van der Waals surface area contributed by atoms with Crippen LogP contribution in [0.2, 0.25) is 0 Å². The van der Waals surface area contributed by atoms with Gasteiger partial charge in [0.2, 0.25) is 5.91 Å². The average Bonchev–Trinajstić information content (AvgIpc) is 3.40. The number of rotatable bonds is 7. The van der Waals surface area contributed by atoms with Gasteiger partial charge in [0, 0.05) is 17.0 Å². The van der Waals surface area contributed by atoms with Gasteiger partial charge in [0.1, 0.15) is 5.54 Å². The van der Waals surface area contributed by atoms with Crippen molar-refractivity contribution in [1.82, 2.24) is 5.32 Å². The van der Waals surface area contributed by atoms with Crippen LogP contribution in [0.4, 0.5) is 5.69 Å². The smallest absolute Gasteiger partial charge is 0.312 e. The van der Waals surface area contributed by atoms with Gasteiger partial charge >= 0.3 is 5.97 Å². The molecule has 1 fully saturated rings. The molecular formula is C24H27N3O4S. The quantitative estimate of drug-likeness (QED) is 0.644. The van der Waals surface area contributed by atoms with E-state index in [1.807, 2.05) is 62.5 Å². The summed E-state index contributed by atoms with van der Waals surface area (Å²) in [7, 11) is 0. The van der Waals surface area contributed by atoms with Gasteiger partial charge in [-0.3, -0.25) is 14.4 Å². The first-order valence-corrected chi connectivity index (χ1v) is 11.3. The lowest BCUT2D eigenvalue weighted by Crippen LogP contribution is -2.50. The number of nitriles is 1. The molecule has 0 unspecified atom stereocenters. The number of hydrogen-bond donors (Lipinski definition) is 1. The first-order valence-electron chi connectivity index (χ1n) is 10.5. The highest BCUT2D eigenvalue weighted by molar-refractivity contribution is 7.10. The molecule has 1 aliphatic heterocycles. The molecule has 3 rings (SSSR count). The number of amides is 2. The number of benzene rings is 1. The Morgan fingerprint density at radius 3 is 2.56 bits per heavy atom. The molecule has 168 valence electrons. The number of anilines is 1. The molecule has 2 heterocycles. The van der Waals surface area contributed by atoms with Crippen molar-refractivity contribution in [2.24, 2.45) is 11.8 Å². The molecule has 32 heavy (non-hydrogen) atoms. The van der Waals surface area contributed by atoms with Gasteiger partial charge < -0.3 is 15.0 Å². The van der Waals surface area contributed by atoms with Crippen molar-refractivity contribution in [2.75, 3.05) is 11.5 Å². The van der Waals surface area contributed by atoms with E-state index in [1.54, 1.807) is 11.8 Å². The molecule has 8 heteroatoms. The standard InChI is InChI=1S/C24H27N3O4S/c1-15(2)24(4,14-25)26-20(28)13-31-23(30)18-12-21(29)27(17-9-7-16(3)8-10-17)22(18)19-6-5-11-32-19/h5-11,15,18,22H,12-13H2,1-4H3,(H,26,28)/t18-,22+,24+/m0/s1. The van der Waals surface area contributed by atoms with Crippen molar-refractivity contribution in [3.05, 3.63) is 52.2 Å². The molecule has 0 radical (unpaired) electrons. The van der Waals surface area contributed by atoms with Crippen molar-refractivity contribution in [2.45, 2.75) is 45.7 Å². The summed E-state index contributed by atoms with van der Waals surface area (Å²) in [4.78, 5) is 40.7. The summed E-state index contributed by atoms with van der Waals surface area (Å²) in [5.41, 5.74) is 0.726. The zero-order valence-electron chi connectivity index (χ0n) is 18.6. The van der Waals surface area contributed by atoms with E-state index in [0.717, 1.165) is 10.4 Å². The minimum Gasteiger partial charge on any atom is -0.455 e. The normalized spacial score (nSPS) is 20.0. The lowest BCUT2D eigenvalue weighted by Gasteiger charge is -2.28. The monoisotopic (exact) mass is 453 g/mol. The number of thiophene rings is 1. The van der Waals surface area contributed by atoms with Crippen molar-refractivity contribution in [3.8, 4) is 6.07 Å². The molecule has 3 atom stereocenters. The van der Waals surface area contributed by atoms with Crippen LogP contribution < -0.4 is 10.2 Å². The van der Waals surface area contributed by atoms with Crippen LogP contribution in [0.15, 0.2) is 41.8 Å². The summed E-state index contributed by atoms with van der Waals surface area (Å²) in [5, 5.41) is 13.9. The lowest BCUT2D eigenvalue weighted by atomic mass is 9.90. The van der Waals surface area contributed by atoms with Crippen LogP contribution in [-0.4, -0.2) is 29.9 Å². The Labute approximate surface area is 192 Å². The van der Waals surface area contributed by atoms with Gasteiger partial charge in [0.15, 0.2) is 6.61 Å². The van der Waals surface area contributed by atoms with Gasteiger partial charge in [-0.1, -0.05) is 37.6 Å². The van der Waals surface area contributed by atoms with Gasteiger partial charge in [-0.25, -0.2) is 0 Å². The lowest BCUT2D eigenvalue weighted by molar-refractivity contribution is -0.153. The Kier molecular flexibility index (Phi) is 6.99. The van der Waals surface area contributed by atoms with E-state index < -0.39 is 36.0 Å². The number of nitrogens with one attached hydrogen (secondary N) is 1. The Morgan fingerprint density at radius 1 is 1.31 bits per heavy atom. The third kappa shape index (κ3) is 4.83. The fourth-order valence-electron chi connectivity index (χ4n) is 3.61. The van der Waals surface area contributed by atoms with Crippen LogP contribution in [0.1, 0.15) is 43.7 Å². The van der Waals surface area contributed by atoms with Crippen molar-refractivity contribution in [1.29, 1.82) is 5.26 Å². The van der Waals surface area contributed by atoms with Gasteiger partial charge in [0.25, 0.3) is 5.91 Å². The molecular weight excluding hydrogens is 426 g/mol.